The van der Waals surface area contributed by atoms with Crippen LogP contribution in [0, 0.1) is 0 Å². The maximum Gasteiger partial charge on any atom is 0.258 e. The highest BCUT2D eigenvalue weighted by Crippen LogP contribution is 2.25. The first kappa shape index (κ1) is 15.0. The zero-order valence-electron chi connectivity index (χ0n) is 12.2. The van der Waals surface area contributed by atoms with Crippen LogP contribution < -0.4 is 14.8 Å². The molecular formula is C16H19NO4. The van der Waals surface area contributed by atoms with Gasteiger partial charge in [0.15, 0.2) is 18.1 Å². The number of carbonyl (C=O) groups excluding carboxylic acids is 1. The summed E-state index contributed by atoms with van der Waals surface area (Å²) in [4.78, 5) is 11.8. The lowest BCUT2D eigenvalue weighted by Gasteiger charge is -2.14. The van der Waals surface area contributed by atoms with E-state index in [1.54, 1.807) is 25.5 Å². The highest BCUT2D eigenvalue weighted by Gasteiger charge is 2.11. The summed E-state index contributed by atoms with van der Waals surface area (Å²) >= 11 is 0. The van der Waals surface area contributed by atoms with Crippen LogP contribution in [0.5, 0.6) is 11.5 Å². The first-order valence-corrected chi connectivity index (χ1v) is 6.76. The molecule has 0 aliphatic heterocycles. The number of hydrogen-bond acceptors (Lipinski definition) is 4. The van der Waals surface area contributed by atoms with Crippen molar-refractivity contribution in [3.63, 3.8) is 0 Å². The zero-order chi connectivity index (χ0) is 15.1. The van der Waals surface area contributed by atoms with Gasteiger partial charge in [-0.25, -0.2) is 0 Å². The van der Waals surface area contributed by atoms with Crippen LogP contribution in [-0.2, 0) is 11.2 Å². The van der Waals surface area contributed by atoms with E-state index in [9.17, 15) is 4.79 Å². The normalized spacial score (nSPS) is 11.7. The maximum atomic E-state index is 11.8. The van der Waals surface area contributed by atoms with Crippen LogP contribution in [0.15, 0.2) is 47.1 Å². The summed E-state index contributed by atoms with van der Waals surface area (Å²) < 4.78 is 15.9. The van der Waals surface area contributed by atoms with E-state index in [4.69, 9.17) is 13.9 Å². The summed E-state index contributed by atoms with van der Waals surface area (Å²) in [5.74, 6) is 1.82. The minimum Gasteiger partial charge on any atom is -0.493 e. The van der Waals surface area contributed by atoms with E-state index in [1.807, 2.05) is 31.2 Å². The monoisotopic (exact) mass is 289 g/mol. The Morgan fingerprint density at radius 2 is 2.00 bits per heavy atom. The van der Waals surface area contributed by atoms with Gasteiger partial charge in [-0.15, -0.1) is 0 Å². The van der Waals surface area contributed by atoms with Crippen LogP contribution in [0.25, 0.3) is 0 Å². The first-order valence-electron chi connectivity index (χ1n) is 6.76. The summed E-state index contributed by atoms with van der Waals surface area (Å²) in [5, 5.41) is 2.86. The van der Waals surface area contributed by atoms with Gasteiger partial charge in [-0.05, 0) is 31.2 Å². The number of benzene rings is 1. The fourth-order valence-corrected chi connectivity index (χ4v) is 1.98. The average molecular weight is 289 g/mol. The molecule has 0 aliphatic rings. The lowest BCUT2D eigenvalue weighted by Crippen LogP contribution is -2.37. The van der Waals surface area contributed by atoms with Crippen molar-refractivity contribution in [2.24, 2.45) is 0 Å². The largest absolute Gasteiger partial charge is 0.493 e. The minimum atomic E-state index is -0.181. The van der Waals surface area contributed by atoms with Crippen LogP contribution in [0.4, 0.5) is 0 Å². The Labute approximate surface area is 123 Å². The molecule has 0 spiro atoms. The number of rotatable bonds is 7. The second-order valence-electron chi connectivity index (χ2n) is 4.69. The molecule has 1 amide bonds. The number of carbonyl (C=O) groups is 1. The number of amides is 1. The van der Waals surface area contributed by atoms with Gasteiger partial charge in [-0.2, -0.15) is 0 Å². The Balaban J connectivity index is 1.79. The van der Waals surface area contributed by atoms with Crippen molar-refractivity contribution in [1.82, 2.24) is 5.32 Å². The van der Waals surface area contributed by atoms with Gasteiger partial charge in [-0.1, -0.05) is 12.1 Å². The third-order valence-electron chi connectivity index (χ3n) is 2.92. The molecule has 0 radical (unpaired) electrons. The molecule has 0 bridgehead atoms. The first-order chi connectivity index (χ1) is 10.2. The molecule has 1 N–H and O–H groups in total. The fraction of sp³-hybridized carbons (Fsp3) is 0.312. The van der Waals surface area contributed by atoms with E-state index in [2.05, 4.69) is 5.32 Å². The van der Waals surface area contributed by atoms with Crippen LogP contribution in [0.2, 0.25) is 0 Å². The highest BCUT2D eigenvalue weighted by atomic mass is 16.5. The standard InChI is InChI=1S/C16H19NO4/c1-12(10-13-6-5-9-20-13)17-16(18)11-21-15-8-4-3-7-14(15)19-2/h3-9,12H,10-11H2,1-2H3,(H,17,18)/t12-/m0/s1. The summed E-state index contributed by atoms with van der Waals surface area (Å²) in [6.45, 7) is 1.87. The maximum absolute atomic E-state index is 11.8. The van der Waals surface area contributed by atoms with Crippen molar-refractivity contribution in [2.75, 3.05) is 13.7 Å². The van der Waals surface area contributed by atoms with Crippen molar-refractivity contribution in [3.8, 4) is 11.5 Å². The molecule has 2 aromatic rings. The van der Waals surface area contributed by atoms with Gasteiger partial charge in [0.25, 0.3) is 5.91 Å². The van der Waals surface area contributed by atoms with Crippen molar-refractivity contribution in [2.45, 2.75) is 19.4 Å². The number of nitrogens with one attached hydrogen (secondary N) is 1. The van der Waals surface area contributed by atoms with Crippen molar-refractivity contribution >= 4 is 5.91 Å². The molecular weight excluding hydrogens is 270 g/mol. The molecule has 0 saturated heterocycles. The third-order valence-corrected chi connectivity index (χ3v) is 2.92. The van der Waals surface area contributed by atoms with Crippen LogP contribution in [0.3, 0.4) is 0 Å². The Morgan fingerprint density at radius 1 is 1.24 bits per heavy atom. The quantitative estimate of drug-likeness (QED) is 0.850. The second kappa shape index (κ2) is 7.38. The Bertz CT molecular complexity index is 565. The van der Waals surface area contributed by atoms with Gasteiger partial charge in [-0.3, -0.25) is 4.79 Å². The molecule has 0 unspecified atom stereocenters. The molecule has 1 atom stereocenters. The van der Waals surface area contributed by atoms with Crippen molar-refractivity contribution in [3.05, 3.63) is 48.4 Å². The minimum absolute atomic E-state index is 0.0232. The molecule has 1 aromatic heterocycles. The van der Waals surface area contributed by atoms with Gasteiger partial charge in [0.2, 0.25) is 0 Å². The average Bonchev–Trinajstić information content (AvgIpc) is 2.98. The lowest BCUT2D eigenvalue weighted by atomic mass is 10.2. The molecule has 0 aliphatic carbocycles. The van der Waals surface area contributed by atoms with Crippen molar-refractivity contribution in [1.29, 1.82) is 0 Å². The van der Waals surface area contributed by atoms with Gasteiger partial charge in [0, 0.05) is 12.5 Å². The Morgan fingerprint density at radius 3 is 2.67 bits per heavy atom. The van der Waals surface area contributed by atoms with Gasteiger partial charge in [0.05, 0.1) is 13.4 Å². The number of furan rings is 1. The summed E-state index contributed by atoms with van der Waals surface area (Å²) in [7, 11) is 1.56. The predicted octanol–water partition coefficient (Wildman–Crippen LogP) is 2.41. The molecule has 2 rings (SSSR count). The van der Waals surface area contributed by atoms with E-state index >= 15 is 0 Å². The molecule has 5 nitrogen and oxygen atoms in total. The molecule has 0 saturated carbocycles. The fourth-order valence-electron chi connectivity index (χ4n) is 1.98. The third kappa shape index (κ3) is 4.56. The number of hydrogen-bond donors (Lipinski definition) is 1. The molecule has 0 fully saturated rings. The molecule has 112 valence electrons. The second-order valence-corrected chi connectivity index (χ2v) is 4.69. The molecule has 1 heterocycles. The SMILES string of the molecule is COc1ccccc1OCC(=O)N[C@@H](C)Cc1ccco1. The van der Waals surface area contributed by atoms with Gasteiger partial charge < -0.3 is 19.2 Å². The zero-order valence-corrected chi connectivity index (χ0v) is 12.2. The van der Waals surface area contributed by atoms with Gasteiger partial charge in [0.1, 0.15) is 5.76 Å². The van der Waals surface area contributed by atoms with E-state index in [0.717, 1.165) is 5.76 Å². The molecule has 21 heavy (non-hydrogen) atoms. The molecule has 1 aromatic carbocycles. The lowest BCUT2D eigenvalue weighted by molar-refractivity contribution is -0.123. The molecule has 5 heteroatoms. The number of ether oxygens (including phenoxy) is 2. The Kier molecular flexibility index (Phi) is 5.26. The van der Waals surface area contributed by atoms with Crippen LogP contribution >= 0.6 is 0 Å². The highest BCUT2D eigenvalue weighted by molar-refractivity contribution is 5.77. The number of methoxy groups -OCH3 is 1. The van der Waals surface area contributed by atoms with E-state index in [-0.39, 0.29) is 18.6 Å². The topological polar surface area (TPSA) is 60.7 Å². The van der Waals surface area contributed by atoms with Crippen LogP contribution in [-0.4, -0.2) is 25.7 Å². The van der Waals surface area contributed by atoms with Gasteiger partial charge >= 0.3 is 0 Å². The summed E-state index contributed by atoms with van der Waals surface area (Å²) in [6.07, 6.45) is 2.27. The summed E-state index contributed by atoms with van der Waals surface area (Å²) in [5.41, 5.74) is 0. The van der Waals surface area contributed by atoms with E-state index < -0.39 is 0 Å². The smallest absolute Gasteiger partial charge is 0.258 e. The summed E-state index contributed by atoms with van der Waals surface area (Å²) in [6, 6.07) is 10.9. The van der Waals surface area contributed by atoms with E-state index in [0.29, 0.717) is 17.9 Å². The van der Waals surface area contributed by atoms with Crippen LogP contribution in [0.1, 0.15) is 12.7 Å². The number of para-hydroxylation sites is 2. The predicted molar refractivity (Wildman–Crippen MR) is 78.5 cm³/mol. The van der Waals surface area contributed by atoms with E-state index in [1.165, 1.54) is 0 Å². The Hall–Kier alpha value is -2.43. The van der Waals surface area contributed by atoms with Crippen molar-refractivity contribution < 1.29 is 18.7 Å².